The van der Waals surface area contributed by atoms with Gasteiger partial charge in [-0.2, -0.15) is 5.26 Å². The topological polar surface area (TPSA) is 67.9 Å². The molecule has 0 radical (unpaired) electrons. The van der Waals surface area contributed by atoms with Crippen LogP contribution in [0.5, 0.6) is 0 Å². The molecule has 2 heterocycles. The van der Waals surface area contributed by atoms with Gasteiger partial charge >= 0.3 is 5.97 Å². The van der Waals surface area contributed by atoms with Gasteiger partial charge in [-0.3, -0.25) is 0 Å². The number of carbonyl (C=O) groups is 1. The van der Waals surface area contributed by atoms with Crippen LogP contribution in [0.1, 0.15) is 30.5 Å². The number of nitrogens with zero attached hydrogens (tertiary/aromatic N) is 3. The molecule has 0 aliphatic rings. The third kappa shape index (κ3) is 4.04. The molecule has 2 rings (SSSR count). The fraction of sp³-hybridized carbons (Fsp3) is 0.267. The lowest BCUT2D eigenvalue weighted by molar-refractivity contribution is -0.148. The van der Waals surface area contributed by atoms with E-state index < -0.39 is 11.6 Å². The largest absolute Gasteiger partial charge is 0.457 e. The fourth-order valence-electron chi connectivity index (χ4n) is 1.65. The molecule has 6 heteroatoms. The molecule has 0 saturated carbocycles. The smallest absolute Gasteiger partial charge is 0.333 e. The zero-order valence-corrected chi connectivity index (χ0v) is 12.8. The van der Waals surface area contributed by atoms with E-state index in [1.165, 1.54) is 17.4 Å². The van der Waals surface area contributed by atoms with Gasteiger partial charge in [0, 0.05) is 18.5 Å². The molecular formula is C15H15N3O2S. The number of hydrogen-bond donors (Lipinski definition) is 0. The molecule has 5 nitrogen and oxygen atoms in total. The maximum atomic E-state index is 12.0. The molecular weight excluding hydrogens is 286 g/mol. The monoisotopic (exact) mass is 301 g/mol. The van der Waals surface area contributed by atoms with Crippen molar-refractivity contribution < 1.29 is 9.53 Å². The molecule has 0 aliphatic heterocycles. The predicted octanol–water partition coefficient (Wildman–Crippen LogP) is 3.05. The Bertz CT molecular complexity index is 700. The number of esters is 1. The Kier molecular flexibility index (Phi) is 4.24. The van der Waals surface area contributed by atoms with E-state index in [0.717, 1.165) is 4.88 Å². The Balaban J connectivity index is 2.38. The van der Waals surface area contributed by atoms with Gasteiger partial charge < -0.3 is 9.30 Å². The number of hydrogen-bond acceptors (Lipinski definition) is 5. The van der Waals surface area contributed by atoms with Gasteiger partial charge in [0.2, 0.25) is 0 Å². The summed E-state index contributed by atoms with van der Waals surface area (Å²) in [6.07, 6.45) is 6.38. The highest BCUT2D eigenvalue weighted by atomic mass is 32.1. The lowest BCUT2D eigenvalue weighted by Gasteiger charge is -2.18. The summed E-state index contributed by atoms with van der Waals surface area (Å²) in [4.78, 5) is 17.4. The van der Waals surface area contributed by atoms with E-state index in [1.807, 2.05) is 20.8 Å². The van der Waals surface area contributed by atoms with Crippen LogP contribution in [-0.2, 0) is 9.53 Å². The van der Waals surface area contributed by atoms with Crippen molar-refractivity contribution in [2.75, 3.05) is 0 Å². The van der Waals surface area contributed by atoms with Gasteiger partial charge in [0.1, 0.15) is 16.5 Å². The second-order valence-electron chi connectivity index (χ2n) is 5.31. The summed E-state index contributed by atoms with van der Waals surface area (Å²) < 4.78 is 7.03. The minimum Gasteiger partial charge on any atom is -0.457 e. The van der Waals surface area contributed by atoms with Crippen molar-refractivity contribution in [3.05, 3.63) is 46.7 Å². The van der Waals surface area contributed by atoms with Gasteiger partial charge in [-0.25, -0.2) is 9.78 Å². The molecule has 0 saturated heterocycles. The minimum atomic E-state index is -0.555. The predicted molar refractivity (Wildman–Crippen MR) is 80.5 cm³/mol. The lowest BCUT2D eigenvalue weighted by atomic mass is 10.2. The van der Waals surface area contributed by atoms with Crippen LogP contribution in [0.4, 0.5) is 0 Å². The maximum Gasteiger partial charge on any atom is 0.333 e. The van der Waals surface area contributed by atoms with Crippen LogP contribution in [0.25, 0.3) is 5.70 Å². The SMILES string of the molecule is CC(C)(C)OC(=O)/C=C(\c1ccc(C#N)s1)n1ccnc1. The van der Waals surface area contributed by atoms with Crippen molar-refractivity contribution in [1.82, 2.24) is 9.55 Å². The van der Waals surface area contributed by atoms with Crippen LogP contribution in [0.3, 0.4) is 0 Å². The molecule has 2 aromatic heterocycles. The highest BCUT2D eigenvalue weighted by Gasteiger charge is 2.17. The standard InChI is InChI=1S/C15H15N3O2S/c1-15(2,3)20-14(19)8-12(18-7-6-17-10-18)13-5-4-11(9-16)21-13/h4-8,10H,1-3H3/b12-8+. The second-order valence-corrected chi connectivity index (χ2v) is 6.39. The summed E-state index contributed by atoms with van der Waals surface area (Å²) >= 11 is 1.31. The molecule has 2 aromatic rings. The van der Waals surface area contributed by atoms with E-state index in [4.69, 9.17) is 10.00 Å². The van der Waals surface area contributed by atoms with E-state index in [-0.39, 0.29) is 0 Å². The quantitative estimate of drug-likeness (QED) is 0.645. The second kappa shape index (κ2) is 5.94. The number of aromatic nitrogens is 2. The third-order valence-corrected chi connectivity index (χ3v) is 3.42. The molecule has 0 amide bonds. The van der Waals surface area contributed by atoms with E-state index in [2.05, 4.69) is 11.1 Å². The normalized spacial score (nSPS) is 12.0. The first-order chi connectivity index (χ1) is 9.89. The Morgan fingerprint density at radius 2 is 2.24 bits per heavy atom. The average Bonchev–Trinajstić information content (AvgIpc) is 3.05. The first-order valence-electron chi connectivity index (χ1n) is 6.32. The summed E-state index contributed by atoms with van der Waals surface area (Å²) in [5.74, 6) is -0.432. The van der Waals surface area contributed by atoms with E-state index >= 15 is 0 Å². The maximum absolute atomic E-state index is 12.0. The highest BCUT2D eigenvalue weighted by Crippen LogP contribution is 2.25. The first-order valence-corrected chi connectivity index (χ1v) is 7.14. The Morgan fingerprint density at radius 3 is 2.76 bits per heavy atom. The zero-order chi connectivity index (χ0) is 15.5. The summed E-state index contributed by atoms with van der Waals surface area (Å²) in [6.45, 7) is 5.44. The van der Waals surface area contributed by atoms with Gasteiger partial charge in [-0.1, -0.05) is 0 Å². The first kappa shape index (κ1) is 15.0. The van der Waals surface area contributed by atoms with Crippen molar-refractivity contribution in [3.8, 4) is 6.07 Å². The van der Waals surface area contributed by atoms with E-state index in [1.54, 1.807) is 35.4 Å². The molecule has 21 heavy (non-hydrogen) atoms. The summed E-state index contributed by atoms with van der Waals surface area (Å²) in [7, 11) is 0. The van der Waals surface area contributed by atoms with Crippen LogP contribution >= 0.6 is 11.3 Å². The van der Waals surface area contributed by atoms with Crippen molar-refractivity contribution >= 4 is 23.0 Å². The summed E-state index contributed by atoms with van der Waals surface area (Å²) in [5.41, 5.74) is 0.0780. The molecule has 0 fully saturated rings. The van der Waals surface area contributed by atoms with Crippen LogP contribution in [0, 0.1) is 11.3 Å². The van der Waals surface area contributed by atoms with Gasteiger partial charge in [-0.15, -0.1) is 11.3 Å². The van der Waals surface area contributed by atoms with Crippen LogP contribution < -0.4 is 0 Å². The molecule has 0 aromatic carbocycles. The highest BCUT2D eigenvalue weighted by molar-refractivity contribution is 7.13. The molecule has 0 atom stereocenters. The Morgan fingerprint density at radius 1 is 1.48 bits per heavy atom. The molecule has 0 aliphatic carbocycles. The Hall–Kier alpha value is -2.39. The summed E-state index contributed by atoms with van der Waals surface area (Å²) in [5, 5.41) is 8.93. The number of thiophene rings is 1. The van der Waals surface area contributed by atoms with Crippen LogP contribution in [-0.4, -0.2) is 21.1 Å². The van der Waals surface area contributed by atoms with Gasteiger partial charge in [0.25, 0.3) is 0 Å². The van der Waals surface area contributed by atoms with Crippen molar-refractivity contribution in [2.45, 2.75) is 26.4 Å². The van der Waals surface area contributed by atoms with Crippen LogP contribution in [0.15, 0.2) is 36.9 Å². The molecule has 108 valence electrons. The number of imidazole rings is 1. The lowest BCUT2D eigenvalue weighted by Crippen LogP contribution is -2.23. The molecule has 0 bridgehead atoms. The van der Waals surface area contributed by atoms with Crippen molar-refractivity contribution in [1.29, 1.82) is 5.26 Å². The minimum absolute atomic E-state index is 0.432. The number of ether oxygens (including phenoxy) is 1. The number of nitriles is 1. The molecule has 0 spiro atoms. The van der Waals surface area contributed by atoms with Crippen LogP contribution in [0.2, 0.25) is 0 Å². The average molecular weight is 301 g/mol. The Labute approximate surface area is 127 Å². The zero-order valence-electron chi connectivity index (χ0n) is 12.0. The van der Waals surface area contributed by atoms with E-state index in [0.29, 0.717) is 10.6 Å². The molecule has 0 unspecified atom stereocenters. The number of carbonyl (C=O) groups excluding carboxylic acids is 1. The third-order valence-electron chi connectivity index (χ3n) is 2.41. The van der Waals surface area contributed by atoms with Gasteiger partial charge in [-0.05, 0) is 32.9 Å². The number of rotatable bonds is 3. The summed E-state index contributed by atoms with van der Waals surface area (Å²) in [6, 6.07) is 5.62. The molecule has 0 N–H and O–H groups in total. The van der Waals surface area contributed by atoms with E-state index in [9.17, 15) is 4.79 Å². The van der Waals surface area contributed by atoms with Crippen molar-refractivity contribution in [2.24, 2.45) is 0 Å². The van der Waals surface area contributed by atoms with Gasteiger partial charge in [0.15, 0.2) is 0 Å². The van der Waals surface area contributed by atoms with Gasteiger partial charge in [0.05, 0.1) is 16.9 Å². The fourth-order valence-corrected chi connectivity index (χ4v) is 2.48. The van der Waals surface area contributed by atoms with Crippen molar-refractivity contribution in [3.63, 3.8) is 0 Å².